The highest BCUT2D eigenvalue weighted by Crippen LogP contribution is 2.33. The molecule has 0 fully saturated rings. The number of benzene rings is 1. The number of allylic oxidation sites excluding steroid dienone is 4. The molecule has 144 valence electrons. The second kappa shape index (κ2) is 9.90. The SMILES string of the molecule is C/C=C\C/C=C(/Cl)C(C)c1nc(C(=O)OCC)c(Br)n1-c1ccc(C)cc1. The fraction of sp³-hybridized carbons (Fsp3) is 0.333. The molecule has 0 amide bonds. The Labute approximate surface area is 174 Å². The maximum atomic E-state index is 12.3. The molecule has 0 radical (unpaired) electrons. The summed E-state index contributed by atoms with van der Waals surface area (Å²) in [4.78, 5) is 16.9. The largest absolute Gasteiger partial charge is 0.461 e. The van der Waals surface area contributed by atoms with Gasteiger partial charge in [0.15, 0.2) is 5.69 Å². The Balaban J connectivity index is 2.57. The molecule has 1 aromatic heterocycles. The van der Waals surface area contributed by atoms with E-state index < -0.39 is 5.97 Å². The van der Waals surface area contributed by atoms with Crippen molar-refractivity contribution in [2.24, 2.45) is 0 Å². The third-order valence-corrected chi connectivity index (χ3v) is 5.31. The van der Waals surface area contributed by atoms with Gasteiger partial charge < -0.3 is 4.74 Å². The molecular formula is C21H24BrClN2O2. The van der Waals surface area contributed by atoms with Crippen molar-refractivity contribution >= 4 is 33.5 Å². The summed E-state index contributed by atoms with van der Waals surface area (Å²) in [5.74, 6) is 0.0333. The molecule has 1 heterocycles. The Kier molecular flexibility index (Phi) is 7.87. The van der Waals surface area contributed by atoms with Crippen LogP contribution < -0.4 is 0 Å². The smallest absolute Gasteiger partial charge is 0.359 e. The van der Waals surface area contributed by atoms with E-state index in [1.807, 2.05) is 67.8 Å². The second-order valence-electron chi connectivity index (χ2n) is 6.12. The number of halogens is 2. The van der Waals surface area contributed by atoms with Gasteiger partial charge in [0, 0.05) is 10.7 Å². The lowest BCUT2D eigenvalue weighted by Gasteiger charge is -2.15. The predicted molar refractivity (Wildman–Crippen MR) is 114 cm³/mol. The van der Waals surface area contributed by atoms with Crippen molar-refractivity contribution in [3.8, 4) is 5.69 Å². The average molecular weight is 452 g/mol. The summed E-state index contributed by atoms with van der Waals surface area (Å²) in [6.07, 6.45) is 6.71. The first-order valence-electron chi connectivity index (χ1n) is 8.89. The lowest BCUT2D eigenvalue weighted by molar-refractivity contribution is 0.0518. The number of hydrogen-bond acceptors (Lipinski definition) is 3. The number of imidazole rings is 1. The summed E-state index contributed by atoms with van der Waals surface area (Å²) in [7, 11) is 0. The number of aryl methyl sites for hydroxylation is 1. The van der Waals surface area contributed by atoms with E-state index in [9.17, 15) is 4.79 Å². The summed E-state index contributed by atoms with van der Waals surface area (Å²) in [5, 5.41) is 0.675. The minimum atomic E-state index is -0.460. The number of rotatable bonds is 7. The average Bonchev–Trinajstić information content (AvgIpc) is 2.99. The molecule has 0 aliphatic rings. The van der Waals surface area contributed by atoms with E-state index in [1.54, 1.807) is 6.92 Å². The molecule has 0 aliphatic heterocycles. The van der Waals surface area contributed by atoms with Crippen LogP contribution in [0, 0.1) is 6.92 Å². The van der Waals surface area contributed by atoms with Gasteiger partial charge in [-0.3, -0.25) is 4.57 Å². The zero-order valence-electron chi connectivity index (χ0n) is 16.0. The van der Waals surface area contributed by atoms with Gasteiger partial charge in [-0.05, 0) is 55.3 Å². The third-order valence-electron chi connectivity index (χ3n) is 4.09. The molecule has 1 aromatic carbocycles. The monoisotopic (exact) mass is 450 g/mol. The van der Waals surface area contributed by atoms with Gasteiger partial charge in [0.25, 0.3) is 0 Å². The summed E-state index contributed by atoms with van der Waals surface area (Å²) in [6.45, 7) is 8.03. The molecule has 0 N–H and O–H groups in total. The number of ether oxygens (including phenoxy) is 1. The first kappa shape index (κ1) is 21.5. The van der Waals surface area contributed by atoms with Crippen LogP contribution in [0.3, 0.4) is 0 Å². The van der Waals surface area contributed by atoms with Crippen molar-refractivity contribution < 1.29 is 9.53 Å². The molecular weight excluding hydrogens is 428 g/mol. The molecule has 27 heavy (non-hydrogen) atoms. The molecule has 1 atom stereocenters. The highest BCUT2D eigenvalue weighted by atomic mass is 79.9. The van der Waals surface area contributed by atoms with Gasteiger partial charge in [-0.2, -0.15) is 0 Å². The van der Waals surface area contributed by atoms with Crippen LogP contribution in [0.1, 0.15) is 55.0 Å². The van der Waals surface area contributed by atoms with E-state index in [-0.39, 0.29) is 18.2 Å². The Hall–Kier alpha value is -1.85. The Morgan fingerprint density at radius 1 is 1.37 bits per heavy atom. The molecule has 4 nitrogen and oxygen atoms in total. The van der Waals surface area contributed by atoms with E-state index in [2.05, 4.69) is 20.9 Å². The van der Waals surface area contributed by atoms with E-state index in [1.165, 1.54) is 0 Å². The number of nitrogens with zero attached hydrogens (tertiary/aromatic N) is 2. The first-order valence-corrected chi connectivity index (χ1v) is 10.1. The van der Waals surface area contributed by atoms with Crippen LogP contribution in [0.5, 0.6) is 0 Å². The van der Waals surface area contributed by atoms with Crippen LogP contribution >= 0.6 is 27.5 Å². The standard InChI is InChI=1S/C21H24BrClN2O2/c1-5-7-8-9-17(23)15(4)20-24-18(21(26)27-6-2)19(22)25(20)16-12-10-14(3)11-13-16/h5,7,9-13,15H,6,8H2,1-4H3/b7-5-,17-9+. The van der Waals surface area contributed by atoms with Gasteiger partial charge in [-0.25, -0.2) is 9.78 Å². The Morgan fingerprint density at radius 3 is 2.63 bits per heavy atom. The van der Waals surface area contributed by atoms with Crippen LogP contribution in [-0.4, -0.2) is 22.1 Å². The Morgan fingerprint density at radius 2 is 2.04 bits per heavy atom. The van der Waals surface area contributed by atoms with Crippen molar-refractivity contribution in [1.29, 1.82) is 0 Å². The quantitative estimate of drug-likeness (QED) is 0.366. The molecule has 0 saturated heterocycles. The number of aromatic nitrogens is 2. The minimum Gasteiger partial charge on any atom is -0.461 e. The van der Waals surface area contributed by atoms with Gasteiger partial charge in [-0.1, -0.05) is 54.4 Å². The zero-order chi connectivity index (χ0) is 20.0. The van der Waals surface area contributed by atoms with Gasteiger partial charge in [-0.15, -0.1) is 0 Å². The summed E-state index contributed by atoms with van der Waals surface area (Å²) < 4.78 is 7.62. The van der Waals surface area contributed by atoms with E-state index in [0.29, 0.717) is 15.5 Å². The van der Waals surface area contributed by atoms with Crippen LogP contribution in [0.4, 0.5) is 0 Å². The van der Waals surface area contributed by atoms with Crippen LogP contribution in [0.2, 0.25) is 0 Å². The van der Waals surface area contributed by atoms with Gasteiger partial charge in [0.1, 0.15) is 10.4 Å². The molecule has 0 bridgehead atoms. The van der Waals surface area contributed by atoms with Crippen LogP contribution in [0.15, 0.2) is 52.1 Å². The van der Waals surface area contributed by atoms with Crippen molar-refractivity contribution in [1.82, 2.24) is 9.55 Å². The van der Waals surface area contributed by atoms with Crippen molar-refractivity contribution in [3.05, 3.63) is 69.2 Å². The fourth-order valence-corrected chi connectivity index (χ4v) is 3.42. The highest BCUT2D eigenvalue weighted by molar-refractivity contribution is 9.10. The lowest BCUT2D eigenvalue weighted by atomic mass is 10.1. The number of carbonyl (C=O) groups excluding carboxylic acids is 1. The van der Waals surface area contributed by atoms with E-state index >= 15 is 0 Å². The molecule has 0 saturated carbocycles. The topological polar surface area (TPSA) is 44.1 Å². The van der Waals surface area contributed by atoms with E-state index in [0.717, 1.165) is 17.7 Å². The van der Waals surface area contributed by atoms with Crippen molar-refractivity contribution in [2.45, 2.75) is 40.0 Å². The third kappa shape index (κ3) is 5.11. The van der Waals surface area contributed by atoms with E-state index in [4.69, 9.17) is 16.3 Å². The Bertz CT molecular complexity index is 854. The molecule has 2 rings (SSSR count). The maximum Gasteiger partial charge on any atom is 0.359 e. The molecule has 0 spiro atoms. The van der Waals surface area contributed by atoms with Crippen LogP contribution in [-0.2, 0) is 4.74 Å². The molecule has 1 unspecified atom stereocenters. The fourth-order valence-electron chi connectivity index (χ4n) is 2.59. The normalized spacial score (nSPS) is 13.2. The van der Waals surface area contributed by atoms with Gasteiger partial charge in [0.2, 0.25) is 0 Å². The first-order chi connectivity index (χ1) is 12.9. The second-order valence-corrected chi connectivity index (χ2v) is 7.30. The summed E-state index contributed by atoms with van der Waals surface area (Å²) in [6, 6.07) is 8.02. The van der Waals surface area contributed by atoms with Crippen molar-refractivity contribution in [3.63, 3.8) is 0 Å². The zero-order valence-corrected chi connectivity index (χ0v) is 18.3. The predicted octanol–water partition coefficient (Wildman–Crippen LogP) is 6.31. The van der Waals surface area contributed by atoms with Gasteiger partial charge >= 0.3 is 5.97 Å². The minimum absolute atomic E-state index is 0.183. The summed E-state index contributed by atoms with van der Waals surface area (Å²) >= 11 is 10.1. The van der Waals surface area contributed by atoms with Gasteiger partial charge in [0.05, 0.1) is 12.5 Å². The number of carbonyl (C=O) groups is 1. The molecule has 0 aliphatic carbocycles. The van der Waals surface area contributed by atoms with Crippen molar-refractivity contribution in [2.75, 3.05) is 6.61 Å². The lowest BCUT2D eigenvalue weighted by Crippen LogP contribution is -2.06. The number of hydrogen-bond donors (Lipinski definition) is 0. The maximum absolute atomic E-state index is 12.3. The molecule has 6 heteroatoms. The molecule has 2 aromatic rings. The summed E-state index contributed by atoms with van der Waals surface area (Å²) in [5.41, 5.74) is 2.30. The van der Waals surface area contributed by atoms with Crippen LogP contribution in [0.25, 0.3) is 5.69 Å². The highest BCUT2D eigenvalue weighted by Gasteiger charge is 2.26. The number of esters is 1.